The van der Waals surface area contributed by atoms with E-state index in [4.69, 9.17) is 0 Å². The Morgan fingerprint density at radius 1 is 0.204 bits per heavy atom. The highest BCUT2D eigenvalue weighted by molar-refractivity contribution is 7.27. The first-order valence-electron chi connectivity index (χ1n) is 39.0. The largest absolute Gasteiger partial charge is 0.309 e. The third-order valence-corrected chi connectivity index (χ3v) is 26.9. The molecule has 0 aliphatic heterocycles. The Morgan fingerprint density at radius 2 is 0.558 bits per heavy atom. The summed E-state index contributed by atoms with van der Waals surface area (Å²) in [6, 6.07) is 139. The van der Waals surface area contributed by atoms with Crippen molar-refractivity contribution in [2.75, 3.05) is 0 Å². The minimum absolute atomic E-state index is 0.101. The van der Waals surface area contributed by atoms with Crippen LogP contribution in [0.15, 0.2) is 376 Å². The first-order chi connectivity index (χ1) is 55.8. The summed E-state index contributed by atoms with van der Waals surface area (Å²) in [5.41, 5.74) is 27.2. The van der Waals surface area contributed by atoms with Crippen LogP contribution in [-0.2, 0) is 5.41 Å². The molecule has 528 valence electrons. The van der Waals surface area contributed by atoms with Gasteiger partial charge in [-0.25, -0.2) is 0 Å². The topological polar surface area (TPSA) is 19.7 Å². The van der Waals surface area contributed by atoms with E-state index >= 15 is 0 Å². The Labute approximate surface area is 659 Å². The molecule has 0 saturated heterocycles. The van der Waals surface area contributed by atoms with Crippen molar-refractivity contribution < 1.29 is 0 Å². The average Bonchev–Trinajstić information content (AvgIpc) is 1.54. The highest BCUT2D eigenvalue weighted by atomic mass is 32.1. The Bertz CT molecular complexity index is 8140. The van der Waals surface area contributed by atoms with Crippen LogP contribution in [0.4, 0.5) is 0 Å². The molecule has 0 radical (unpaired) electrons. The lowest BCUT2D eigenvalue weighted by atomic mass is 9.82. The molecule has 6 heteroatoms. The molecular weight excluding hydrogens is 1410 g/mol. The number of hydrogen-bond acceptors (Lipinski definition) is 2. The lowest BCUT2D eigenvalue weighted by molar-refractivity contribution is 0.660. The molecule has 0 bridgehead atoms. The van der Waals surface area contributed by atoms with Crippen LogP contribution in [0.2, 0.25) is 0 Å². The second kappa shape index (κ2) is 24.6. The molecule has 0 N–H and O–H groups in total. The maximum Gasteiger partial charge on any atom is 0.0726 e. The molecule has 6 heterocycles. The molecule has 24 aromatic rings. The van der Waals surface area contributed by atoms with Crippen molar-refractivity contribution >= 4 is 172 Å². The van der Waals surface area contributed by atoms with Gasteiger partial charge in [0.15, 0.2) is 0 Å². The number of thiophene rings is 2. The van der Waals surface area contributed by atoms with Gasteiger partial charge in [0.1, 0.15) is 0 Å². The zero-order chi connectivity index (χ0) is 74.3. The number of fused-ring (bicyclic) bond motifs is 29. The third kappa shape index (κ3) is 9.43. The van der Waals surface area contributed by atoms with Gasteiger partial charge in [-0.2, -0.15) is 0 Å². The third-order valence-electron chi connectivity index (χ3n) is 24.6. The second-order valence-electron chi connectivity index (χ2n) is 30.9. The standard InChI is InChI=1S/C55H36N2S.C52H32N2S/c1-55(2)45-21-11-8-16-37(45)38-27-26-36(32-46(38)55)57-49-29-25-34(33-24-28-48-43(30-33)39-17-9-12-22-47(39)56(48)35-14-4-3-5-15-35)31-44(49)51-40-18-6-7-19-41(40)52-42-20-10-13-23-50(42)58-54(52)53(51)57;1-3-14-33(15-4-1)34-16-13-17-35(30-34)36-26-28-47-44(31-36)49-40-21-7-8-22-41(40)50-42-23-10-12-25-48(42)55-52(50)51(49)54(47)38-27-29-46-43(32-38)39-20-9-11-24-45(39)53(46)37-18-5-2-6-19-37/h3-32H,1-2H3;1-32H. The number of rotatable bonds is 7. The molecule has 18 aromatic carbocycles. The molecule has 1 aliphatic carbocycles. The van der Waals surface area contributed by atoms with Gasteiger partial charge in [0.25, 0.3) is 0 Å². The maximum atomic E-state index is 2.58. The Morgan fingerprint density at radius 3 is 1.09 bits per heavy atom. The van der Waals surface area contributed by atoms with Gasteiger partial charge in [-0.05, 0) is 199 Å². The lowest BCUT2D eigenvalue weighted by Crippen LogP contribution is -2.15. The summed E-state index contributed by atoms with van der Waals surface area (Å²) in [6.45, 7) is 4.76. The normalized spacial score (nSPS) is 12.8. The zero-order valence-electron chi connectivity index (χ0n) is 61.9. The summed E-state index contributed by atoms with van der Waals surface area (Å²) in [5, 5.41) is 20.7. The van der Waals surface area contributed by atoms with E-state index in [1.54, 1.807) is 0 Å². The molecule has 0 atom stereocenters. The van der Waals surface area contributed by atoms with Crippen molar-refractivity contribution in [3.05, 3.63) is 387 Å². The van der Waals surface area contributed by atoms with Crippen LogP contribution in [-0.4, -0.2) is 18.3 Å². The smallest absolute Gasteiger partial charge is 0.0726 e. The van der Waals surface area contributed by atoms with Crippen molar-refractivity contribution in [1.29, 1.82) is 0 Å². The van der Waals surface area contributed by atoms with E-state index in [-0.39, 0.29) is 5.41 Å². The molecule has 4 nitrogen and oxygen atoms in total. The molecular formula is C107H68N4S2. The summed E-state index contributed by atoms with van der Waals surface area (Å²) < 4.78 is 15.2. The average molecular weight is 1470 g/mol. The van der Waals surface area contributed by atoms with Gasteiger partial charge in [-0.15, -0.1) is 22.7 Å². The molecule has 113 heavy (non-hydrogen) atoms. The Kier molecular flexibility index (Phi) is 13.9. The summed E-state index contributed by atoms with van der Waals surface area (Å²) in [7, 11) is 0. The van der Waals surface area contributed by atoms with E-state index in [0.717, 1.165) is 5.69 Å². The highest BCUT2D eigenvalue weighted by Crippen LogP contribution is 2.54. The van der Waals surface area contributed by atoms with Crippen LogP contribution in [0, 0.1) is 0 Å². The van der Waals surface area contributed by atoms with E-state index in [0.29, 0.717) is 0 Å². The Hall–Kier alpha value is -13.9. The van der Waals surface area contributed by atoms with Crippen molar-refractivity contribution in [2.45, 2.75) is 19.3 Å². The fraction of sp³-hybridized carbons (Fsp3) is 0.0280. The van der Waals surface area contributed by atoms with Gasteiger partial charge in [-0.3, -0.25) is 0 Å². The minimum atomic E-state index is -0.101. The van der Waals surface area contributed by atoms with E-state index in [9.17, 15) is 0 Å². The van der Waals surface area contributed by atoms with Gasteiger partial charge in [0.2, 0.25) is 0 Å². The van der Waals surface area contributed by atoms with E-state index in [2.05, 4.69) is 408 Å². The number of nitrogens with zero attached hydrogens (tertiary/aromatic N) is 4. The van der Waals surface area contributed by atoms with E-state index in [1.807, 2.05) is 22.7 Å². The molecule has 1 aliphatic rings. The quantitative estimate of drug-likeness (QED) is 0.152. The predicted molar refractivity (Wildman–Crippen MR) is 485 cm³/mol. The van der Waals surface area contributed by atoms with E-state index < -0.39 is 0 Å². The summed E-state index contributed by atoms with van der Waals surface area (Å²) in [6.07, 6.45) is 0. The van der Waals surface area contributed by atoms with Crippen LogP contribution in [0.1, 0.15) is 25.0 Å². The van der Waals surface area contributed by atoms with E-state index in [1.165, 1.54) is 222 Å². The van der Waals surface area contributed by atoms with Crippen molar-refractivity contribution in [1.82, 2.24) is 18.3 Å². The summed E-state index contributed by atoms with van der Waals surface area (Å²) >= 11 is 3.84. The summed E-state index contributed by atoms with van der Waals surface area (Å²) in [5.74, 6) is 0. The minimum Gasteiger partial charge on any atom is -0.309 e. The number of aromatic nitrogens is 4. The fourth-order valence-corrected chi connectivity index (χ4v) is 22.1. The van der Waals surface area contributed by atoms with Gasteiger partial charge < -0.3 is 18.3 Å². The van der Waals surface area contributed by atoms with Crippen molar-refractivity contribution in [3.8, 4) is 67.3 Å². The maximum absolute atomic E-state index is 2.58. The summed E-state index contributed by atoms with van der Waals surface area (Å²) in [4.78, 5) is 0. The molecule has 0 unspecified atom stereocenters. The number of hydrogen-bond donors (Lipinski definition) is 0. The Balaban J connectivity index is 0.000000131. The first-order valence-corrected chi connectivity index (χ1v) is 40.7. The lowest BCUT2D eigenvalue weighted by Gasteiger charge is -2.22. The van der Waals surface area contributed by atoms with Crippen LogP contribution in [0.3, 0.4) is 0 Å². The molecule has 0 spiro atoms. The number of para-hydroxylation sites is 4. The van der Waals surface area contributed by atoms with Crippen LogP contribution in [0.5, 0.6) is 0 Å². The fourth-order valence-electron chi connectivity index (χ4n) is 19.6. The van der Waals surface area contributed by atoms with Gasteiger partial charge in [-0.1, -0.05) is 269 Å². The number of benzene rings is 18. The molecule has 0 fully saturated rings. The van der Waals surface area contributed by atoms with Gasteiger partial charge in [0.05, 0.1) is 53.5 Å². The monoisotopic (exact) mass is 1470 g/mol. The second-order valence-corrected chi connectivity index (χ2v) is 33.0. The van der Waals surface area contributed by atoms with Crippen molar-refractivity contribution in [3.63, 3.8) is 0 Å². The van der Waals surface area contributed by atoms with Crippen LogP contribution >= 0.6 is 22.7 Å². The molecule has 6 aromatic heterocycles. The molecule has 0 saturated carbocycles. The molecule has 0 amide bonds. The van der Waals surface area contributed by atoms with Crippen LogP contribution in [0.25, 0.3) is 216 Å². The van der Waals surface area contributed by atoms with Gasteiger partial charge in [0, 0.05) is 102 Å². The predicted octanol–water partition coefficient (Wildman–Crippen LogP) is 30.1. The van der Waals surface area contributed by atoms with Crippen LogP contribution < -0.4 is 0 Å². The highest BCUT2D eigenvalue weighted by Gasteiger charge is 2.36. The molecule has 25 rings (SSSR count). The van der Waals surface area contributed by atoms with Gasteiger partial charge >= 0.3 is 0 Å². The SMILES string of the molecule is CC1(C)c2ccccc2-c2ccc(-n3c4ccc(-c5ccc6c(c5)c5ccccc5n6-c5ccccc5)cc4c4c5ccccc5c5c6ccccc6sc5c43)cc21.c1ccc(-c2cccc(-c3ccc4c(c3)c3c5ccccc5c5c6ccccc6sc5c3n4-c3ccc4c(c3)c3ccccc3n4-c3ccccc3)c2)cc1. The zero-order valence-corrected chi connectivity index (χ0v) is 63.5. The van der Waals surface area contributed by atoms with Crippen molar-refractivity contribution in [2.24, 2.45) is 0 Å². The first kappa shape index (κ1) is 64.0.